The van der Waals surface area contributed by atoms with Crippen LogP contribution in [0.1, 0.15) is 38.1 Å². The average Bonchev–Trinajstić information content (AvgIpc) is 2.94. The average molecular weight is 356 g/mol. The predicted octanol–water partition coefficient (Wildman–Crippen LogP) is 5.17. The van der Waals surface area contributed by atoms with Crippen LogP contribution in [0, 0.1) is 11.6 Å². The lowest BCUT2D eigenvalue weighted by molar-refractivity contribution is 0.356. The van der Waals surface area contributed by atoms with E-state index in [2.05, 4.69) is 30.8 Å². The molecule has 21 heavy (non-hydrogen) atoms. The molecule has 1 fully saturated rings. The number of rotatable bonds is 3. The molecular formula is C15H16BrF2N3. The Hall–Kier alpha value is -1.43. The van der Waals surface area contributed by atoms with Crippen LogP contribution in [0.15, 0.2) is 29.0 Å². The molecule has 3 nitrogen and oxygen atoms in total. The zero-order chi connectivity index (χ0) is 14.8. The van der Waals surface area contributed by atoms with Crippen LogP contribution in [0.4, 0.5) is 20.4 Å². The van der Waals surface area contributed by atoms with Crippen molar-refractivity contribution in [2.24, 2.45) is 0 Å². The summed E-state index contributed by atoms with van der Waals surface area (Å²) in [7, 11) is 0. The van der Waals surface area contributed by atoms with Gasteiger partial charge in [0, 0.05) is 24.5 Å². The van der Waals surface area contributed by atoms with Crippen molar-refractivity contribution in [3.63, 3.8) is 0 Å². The summed E-state index contributed by atoms with van der Waals surface area (Å²) in [5, 5.41) is 2.97. The molecule has 0 aliphatic heterocycles. The van der Waals surface area contributed by atoms with Crippen LogP contribution < -0.4 is 5.32 Å². The number of halogens is 3. The second-order valence-electron chi connectivity index (χ2n) is 5.32. The summed E-state index contributed by atoms with van der Waals surface area (Å²) in [6, 6.07) is 2.65. The van der Waals surface area contributed by atoms with Crippen LogP contribution in [0.25, 0.3) is 0 Å². The molecule has 0 saturated heterocycles. The molecule has 1 aromatic heterocycles. The van der Waals surface area contributed by atoms with E-state index in [0.29, 0.717) is 12.0 Å². The second-order valence-corrected chi connectivity index (χ2v) is 6.18. The molecule has 1 heterocycles. The summed E-state index contributed by atoms with van der Waals surface area (Å²) in [5.74, 6) is -0.651. The highest BCUT2D eigenvalue weighted by Crippen LogP contribution is 2.32. The van der Waals surface area contributed by atoms with Gasteiger partial charge in [-0.15, -0.1) is 0 Å². The highest BCUT2D eigenvalue weighted by atomic mass is 79.9. The largest absolute Gasteiger partial charge is 0.323 e. The van der Waals surface area contributed by atoms with Gasteiger partial charge in [0.05, 0.1) is 10.2 Å². The first-order chi connectivity index (χ1) is 10.1. The zero-order valence-electron chi connectivity index (χ0n) is 11.5. The summed E-state index contributed by atoms with van der Waals surface area (Å²) in [6.07, 6.45) is 9.52. The van der Waals surface area contributed by atoms with Crippen molar-refractivity contribution >= 4 is 27.6 Å². The third-order valence-electron chi connectivity index (χ3n) is 3.89. The van der Waals surface area contributed by atoms with Gasteiger partial charge in [0.25, 0.3) is 0 Å². The number of nitrogens with zero attached hydrogens (tertiary/aromatic N) is 2. The Morgan fingerprint density at radius 2 is 1.90 bits per heavy atom. The van der Waals surface area contributed by atoms with Crippen LogP contribution in [-0.4, -0.2) is 9.55 Å². The van der Waals surface area contributed by atoms with Gasteiger partial charge in [0.2, 0.25) is 5.95 Å². The minimum atomic E-state index is -0.631. The first-order valence-corrected chi connectivity index (χ1v) is 7.89. The van der Waals surface area contributed by atoms with Crippen molar-refractivity contribution in [3.8, 4) is 0 Å². The Morgan fingerprint density at radius 1 is 1.14 bits per heavy atom. The summed E-state index contributed by atoms with van der Waals surface area (Å²) in [4.78, 5) is 4.26. The maximum atomic E-state index is 13.8. The number of aromatic nitrogens is 2. The SMILES string of the molecule is Fc1cc(F)c(Nc2nccn2C2CCCCC2)cc1Br. The lowest BCUT2D eigenvalue weighted by atomic mass is 9.95. The predicted molar refractivity (Wildman–Crippen MR) is 81.7 cm³/mol. The highest BCUT2D eigenvalue weighted by molar-refractivity contribution is 9.10. The number of nitrogens with one attached hydrogen (secondary N) is 1. The number of benzene rings is 1. The van der Waals surface area contributed by atoms with Gasteiger partial charge in [-0.1, -0.05) is 19.3 Å². The molecule has 1 aliphatic carbocycles. The second kappa shape index (κ2) is 6.13. The first-order valence-electron chi connectivity index (χ1n) is 7.09. The molecule has 0 radical (unpaired) electrons. The topological polar surface area (TPSA) is 29.9 Å². The molecule has 1 aliphatic rings. The van der Waals surface area contributed by atoms with Gasteiger partial charge in [-0.3, -0.25) is 0 Å². The maximum absolute atomic E-state index is 13.8. The van der Waals surface area contributed by atoms with Gasteiger partial charge in [-0.05, 0) is 34.8 Å². The molecule has 0 unspecified atom stereocenters. The Labute approximate surface area is 130 Å². The molecule has 1 N–H and O–H groups in total. The van der Waals surface area contributed by atoms with Gasteiger partial charge in [0.15, 0.2) is 0 Å². The van der Waals surface area contributed by atoms with Crippen molar-refractivity contribution in [3.05, 3.63) is 40.6 Å². The highest BCUT2D eigenvalue weighted by Gasteiger charge is 2.18. The lowest BCUT2D eigenvalue weighted by Gasteiger charge is -2.24. The minimum absolute atomic E-state index is 0.214. The summed E-state index contributed by atoms with van der Waals surface area (Å²) in [6.45, 7) is 0. The molecular weight excluding hydrogens is 340 g/mol. The monoisotopic (exact) mass is 355 g/mol. The molecule has 0 amide bonds. The molecule has 2 aromatic rings. The van der Waals surface area contributed by atoms with E-state index in [1.165, 1.54) is 25.3 Å². The summed E-state index contributed by atoms with van der Waals surface area (Å²) < 4.78 is 29.4. The minimum Gasteiger partial charge on any atom is -0.323 e. The van der Waals surface area contributed by atoms with Crippen LogP contribution in [0.2, 0.25) is 0 Å². The van der Waals surface area contributed by atoms with Gasteiger partial charge in [0.1, 0.15) is 11.6 Å². The van der Waals surface area contributed by atoms with Crippen molar-refractivity contribution in [2.45, 2.75) is 38.1 Å². The van der Waals surface area contributed by atoms with E-state index >= 15 is 0 Å². The summed E-state index contributed by atoms with van der Waals surface area (Å²) in [5.41, 5.74) is 0.214. The van der Waals surface area contributed by atoms with Gasteiger partial charge < -0.3 is 9.88 Å². The standard InChI is InChI=1S/C15H16BrF2N3/c16-11-8-14(13(18)9-12(11)17)20-15-19-6-7-21(15)10-4-2-1-3-5-10/h6-10H,1-5H2,(H,19,20). The Kier molecular flexibility index (Phi) is 4.24. The molecule has 0 atom stereocenters. The lowest BCUT2D eigenvalue weighted by Crippen LogP contribution is -2.14. The first kappa shape index (κ1) is 14.5. The summed E-state index contributed by atoms with van der Waals surface area (Å²) >= 11 is 3.07. The molecule has 0 bridgehead atoms. The quantitative estimate of drug-likeness (QED) is 0.769. The Morgan fingerprint density at radius 3 is 2.67 bits per heavy atom. The van der Waals surface area contributed by atoms with Crippen molar-refractivity contribution in [1.82, 2.24) is 9.55 Å². The number of anilines is 2. The van der Waals surface area contributed by atoms with Crippen molar-refractivity contribution < 1.29 is 8.78 Å². The number of hydrogen-bond donors (Lipinski definition) is 1. The molecule has 1 aromatic carbocycles. The van der Waals surface area contributed by atoms with E-state index in [1.54, 1.807) is 6.20 Å². The van der Waals surface area contributed by atoms with E-state index in [9.17, 15) is 8.78 Å². The Balaban J connectivity index is 1.85. The normalized spacial score (nSPS) is 16.1. The van der Waals surface area contributed by atoms with Crippen LogP contribution in [0.3, 0.4) is 0 Å². The van der Waals surface area contributed by atoms with Crippen LogP contribution >= 0.6 is 15.9 Å². The van der Waals surface area contributed by atoms with Crippen molar-refractivity contribution in [2.75, 3.05) is 5.32 Å². The molecule has 1 saturated carbocycles. The third kappa shape index (κ3) is 3.10. The van der Waals surface area contributed by atoms with E-state index in [1.807, 2.05) is 6.20 Å². The molecule has 112 valence electrons. The fourth-order valence-electron chi connectivity index (χ4n) is 2.80. The van der Waals surface area contributed by atoms with Crippen LogP contribution in [-0.2, 0) is 0 Å². The smallest absolute Gasteiger partial charge is 0.207 e. The van der Waals surface area contributed by atoms with Gasteiger partial charge in [-0.25, -0.2) is 13.8 Å². The van der Waals surface area contributed by atoms with Gasteiger partial charge >= 0.3 is 0 Å². The van der Waals surface area contributed by atoms with E-state index in [-0.39, 0.29) is 10.2 Å². The zero-order valence-corrected chi connectivity index (χ0v) is 13.0. The molecule has 0 spiro atoms. The van der Waals surface area contributed by atoms with E-state index < -0.39 is 11.6 Å². The molecule has 6 heteroatoms. The van der Waals surface area contributed by atoms with Crippen molar-refractivity contribution in [1.29, 1.82) is 0 Å². The van der Waals surface area contributed by atoms with E-state index in [4.69, 9.17) is 0 Å². The number of imidazole rings is 1. The van der Waals surface area contributed by atoms with Crippen LogP contribution in [0.5, 0.6) is 0 Å². The van der Waals surface area contributed by atoms with E-state index in [0.717, 1.165) is 18.9 Å². The maximum Gasteiger partial charge on any atom is 0.207 e. The van der Waals surface area contributed by atoms with Gasteiger partial charge in [-0.2, -0.15) is 0 Å². The fraction of sp³-hybridized carbons (Fsp3) is 0.400. The number of hydrogen-bond acceptors (Lipinski definition) is 2. The fourth-order valence-corrected chi connectivity index (χ4v) is 3.15. The Bertz CT molecular complexity index is 636. The third-order valence-corrected chi connectivity index (χ3v) is 4.50. The molecule has 3 rings (SSSR count).